The molecule has 0 spiro atoms. The smallest absolute Gasteiger partial charge is 0.270 e. The lowest BCUT2D eigenvalue weighted by Gasteiger charge is -2.22. The average molecular weight is 433 g/mol. The predicted octanol–water partition coefficient (Wildman–Crippen LogP) is 3.57. The lowest BCUT2D eigenvalue weighted by molar-refractivity contribution is -0.384. The third-order valence-electron chi connectivity index (χ3n) is 4.54. The highest BCUT2D eigenvalue weighted by molar-refractivity contribution is 9.10. The molecule has 1 atom stereocenters. The van der Waals surface area contributed by atoms with Gasteiger partial charge in [0.15, 0.2) is 11.4 Å². The van der Waals surface area contributed by atoms with Gasteiger partial charge in [-0.05, 0) is 24.6 Å². The van der Waals surface area contributed by atoms with Crippen molar-refractivity contribution >= 4 is 39.0 Å². The molecule has 0 bridgehead atoms. The van der Waals surface area contributed by atoms with Gasteiger partial charge in [0.05, 0.1) is 17.0 Å². The Balaban J connectivity index is 1.99. The van der Waals surface area contributed by atoms with Crippen molar-refractivity contribution in [3.63, 3.8) is 0 Å². The first-order valence-corrected chi connectivity index (χ1v) is 9.19. The molecular formula is C19H17BrN2O5. The van der Waals surface area contributed by atoms with Crippen LogP contribution in [0.1, 0.15) is 35.7 Å². The molecule has 3 rings (SSSR count). The molecule has 0 saturated heterocycles. The number of hydrogen-bond acceptors (Lipinski definition) is 5. The van der Waals surface area contributed by atoms with Crippen molar-refractivity contribution in [1.82, 2.24) is 0 Å². The van der Waals surface area contributed by atoms with E-state index in [1.807, 2.05) is 6.92 Å². The van der Waals surface area contributed by atoms with Crippen LogP contribution in [-0.4, -0.2) is 28.3 Å². The Hall–Kier alpha value is -2.58. The summed E-state index contributed by atoms with van der Waals surface area (Å²) in [4.78, 5) is 37.5. The molecule has 0 aromatic heterocycles. The molecule has 1 N–H and O–H groups in total. The molecule has 2 aromatic carbocycles. The maximum atomic E-state index is 12.9. The number of nitrogens with zero attached hydrogens (tertiary/aromatic N) is 2. The fraction of sp³-hybridized carbons (Fsp3) is 0.263. The van der Waals surface area contributed by atoms with Gasteiger partial charge in [-0.25, -0.2) is 0 Å². The lowest BCUT2D eigenvalue weighted by Crippen LogP contribution is -2.42. The topological polar surface area (TPSA) is 101 Å². The SMILES string of the molecule is CCCN1C(=O)[C@@](O)(CC(=O)c2cccc([N+](=O)[O-])c2)c2cc(Br)ccc21. The van der Waals surface area contributed by atoms with Crippen LogP contribution in [0.3, 0.4) is 0 Å². The van der Waals surface area contributed by atoms with Gasteiger partial charge in [0.1, 0.15) is 0 Å². The molecule has 8 heteroatoms. The van der Waals surface area contributed by atoms with Crippen LogP contribution in [0.5, 0.6) is 0 Å². The fourth-order valence-corrected chi connectivity index (χ4v) is 3.63. The molecule has 0 radical (unpaired) electrons. The van der Waals surface area contributed by atoms with Crippen LogP contribution in [0.25, 0.3) is 0 Å². The first kappa shape index (κ1) is 19.2. The monoisotopic (exact) mass is 432 g/mol. The van der Waals surface area contributed by atoms with Gasteiger partial charge in [-0.15, -0.1) is 0 Å². The molecule has 0 fully saturated rings. The number of nitro benzene ring substituents is 1. The molecule has 1 aliphatic rings. The van der Waals surface area contributed by atoms with Gasteiger partial charge < -0.3 is 10.0 Å². The number of benzene rings is 2. The summed E-state index contributed by atoms with van der Waals surface area (Å²) in [6, 6.07) is 10.4. The van der Waals surface area contributed by atoms with E-state index in [-0.39, 0.29) is 11.3 Å². The Bertz CT molecular complexity index is 945. The third-order valence-corrected chi connectivity index (χ3v) is 5.03. The molecule has 0 aliphatic carbocycles. The van der Waals surface area contributed by atoms with E-state index < -0.39 is 28.6 Å². The number of fused-ring (bicyclic) bond motifs is 1. The normalized spacial score (nSPS) is 18.5. The Morgan fingerprint density at radius 2 is 2.04 bits per heavy atom. The van der Waals surface area contributed by atoms with Gasteiger partial charge in [-0.2, -0.15) is 0 Å². The van der Waals surface area contributed by atoms with Crippen LogP contribution in [0, 0.1) is 10.1 Å². The van der Waals surface area contributed by atoms with E-state index in [9.17, 15) is 24.8 Å². The lowest BCUT2D eigenvalue weighted by atomic mass is 9.88. The Labute approximate surface area is 163 Å². The quantitative estimate of drug-likeness (QED) is 0.427. The Morgan fingerprint density at radius 1 is 1.30 bits per heavy atom. The van der Waals surface area contributed by atoms with E-state index in [4.69, 9.17) is 0 Å². The minimum Gasteiger partial charge on any atom is -0.375 e. The molecule has 7 nitrogen and oxygen atoms in total. The van der Waals surface area contributed by atoms with Crippen molar-refractivity contribution < 1.29 is 19.6 Å². The molecule has 2 aromatic rings. The maximum absolute atomic E-state index is 12.9. The van der Waals surface area contributed by atoms with Gasteiger partial charge in [0.25, 0.3) is 11.6 Å². The summed E-state index contributed by atoms with van der Waals surface area (Å²) < 4.78 is 0.675. The van der Waals surface area contributed by atoms with E-state index in [0.717, 1.165) is 6.07 Å². The largest absolute Gasteiger partial charge is 0.375 e. The van der Waals surface area contributed by atoms with Gasteiger partial charge in [-0.3, -0.25) is 19.7 Å². The number of carbonyl (C=O) groups is 2. The summed E-state index contributed by atoms with van der Waals surface area (Å²) in [5.41, 5.74) is -1.22. The number of carbonyl (C=O) groups excluding carboxylic acids is 2. The van der Waals surface area contributed by atoms with Gasteiger partial charge in [-0.1, -0.05) is 35.0 Å². The van der Waals surface area contributed by atoms with E-state index in [1.54, 1.807) is 18.2 Å². The number of non-ortho nitro benzene ring substituents is 1. The van der Waals surface area contributed by atoms with Gasteiger partial charge in [0.2, 0.25) is 0 Å². The van der Waals surface area contributed by atoms with Gasteiger partial charge in [0, 0.05) is 34.3 Å². The van der Waals surface area contributed by atoms with Crippen molar-refractivity contribution in [1.29, 1.82) is 0 Å². The first-order valence-electron chi connectivity index (χ1n) is 8.40. The molecule has 0 unspecified atom stereocenters. The summed E-state index contributed by atoms with van der Waals surface area (Å²) in [5.74, 6) is -1.10. The van der Waals surface area contributed by atoms with Crippen molar-refractivity contribution in [2.75, 3.05) is 11.4 Å². The minimum atomic E-state index is -2.00. The van der Waals surface area contributed by atoms with Crippen molar-refractivity contribution in [3.05, 3.63) is 68.2 Å². The average Bonchev–Trinajstić information content (AvgIpc) is 2.84. The number of nitro groups is 1. The molecule has 1 amide bonds. The summed E-state index contributed by atoms with van der Waals surface area (Å²) >= 11 is 3.33. The third kappa shape index (κ3) is 3.38. The highest BCUT2D eigenvalue weighted by Gasteiger charge is 2.50. The second-order valence-corrected chi connectivity index (χ2v) is 7.30. The van der Waals surface area contributed by atoms with E-state index in [1.165, 1.54) is 23.1 Å². The van der Waals surface area contributed by atoms with Crippen LogP contribution in [0.4, 0.5) is 11.4 Å². The number of hydrogen-bond donors (Lipinski definition) is 1. The number of amides is 1. The standard InChI is InChI=1S/C19H17BrN2O5/c1-2-8-21-16-7-6-13(20)10-15(16)19(25,18(21)24)11-17(23)12-4-3-5-14(9-12)22(26)27/h3-7,9-10,25H,2,8,11H2,1H3/t19-/m1/s1. The van der Waals surface area contributed by atoms with E-state index >= 15 is 0 Å². The second-order valence-electron chi connectivity index (χ2n) is 6.39. The molecule has 1 aliphatic heterocycles. The minimum absolute atomic E-state index is 0.0795. The summed E-state index contributed by atoms with van der Waals surface area (Å²) in [7, 11) is 0. The van der Waals surface area contributed by atoms with Crippen LogP contribution in [-0.2, 0) is 10.4 Å². The maximum Gasteiger partial charge on any atom is 0.270 e. The van der Waals surface area contributed by atoms with Crippen molar-refractivity contribution in [2.24, 2.45) is 0 Å². The summed E-state index contributed by atoms with van der Waals surface area (Å²) in [6.45, 7) is 2.33. The number of aliphatic hydroxyl groups is 1. The van der Waals surface area contributed by atoms with E-state index in [2.05, 4.69) is 15.9 Å². The highest BCUT2D eigenvalue weighted by Crippen LogP contribution is 2.44. The zero-order valence-corrected chi connectivity index (χ0v) is 16.1. The number of anilines is 1. The molecule has 140 valence electrons. The van der Waals surface area contributed by atoms with E-state index in [0.29, 0.717) is 28.7 Å². The van der Waals surface area contributed by atoms with Crippen LogP contribution in [0.15, 0.2) is 46.9 Å². The zero-order chi connectivity index (χ0) is 19.8. The summed E-state index contributed by atoms with van der Waals surface area (Å²) in [6.07, 6.45) is 0.201. The number of Topliss-reactive ketones (excluding diaryl/α,β-unsaturated/α-hetero) is 1. The van der Waals surface area contributed by atoms with Crippen molar-refractivity contribution in [3.8, 4) is 0 Å². The van der Waals surface area contributed by atoms with Gasteiger partial charge >= 0.3 is 0 Å². The number of halogens is 1. The zero-order valence-electron chi connectivity index (χ0n) is 14.5. The Kier molecular flexibility index (Phi) is 5.12. The molecular weight excluding hydrogens is 416 g/mol. The second kappa shape index (κ2) is 7.21. The summed E-state index contributed by atoms with van der Waals surface area (Å²) in [5, 5.41) is 22.1. The highest BCUT2D eigenvalue weighted by atomic mass is 79.9. The van der Waals surface area contributed by atoms with Crippen molar-refractivity contribution in [2.45, 2.75) is 25.4 Å². The number of rotatable bonds is 6. The molecule has 1 heterocycles. The first-order chi connectivity index (χ1) is 12.8. The number of ketones is 1. The van der Waals surface area contributed by atoms with Crippen LogP contribution >= 0.6 is 15.9 Å². The Morgan fingerprint density at radius 3 is 2.70 bits per heavy atom. The molecule has 27 heavy (non-hydrogen) atoms. The van der Waals surface area contributed by atoms with Crippen LogP contribution in [0.2, 0.25) is 0 Å². The molecule has 0 saturated carbocycles. The fourth-order valence-electron chi connectivity index (χ4n) is 3.27. The van der Waals surface area contributed by atoms with Crippen LogP contribution < -0.4 is 4.90 Å². The predicted molar refractivity (Wildman–Crippen MR) is 103 cm³/mol.